The Kier molecular flexibility index (Phi) is 5.20. The van der Waals surface area contributed by atoms with Crippen molar-refractivity contribution in [3.8, 4) is 5.88 Å². The zero-order valence-electron chi connectivity index (χ0n) is 12.1. The topological polar surface area (TPSA) is 45.7 Å². The van der Waals surface area contributed by atoms with Crippen molar-refractivity contribution in [2.24, 2.45) is 0 Å². The highest BCUT2D eigenvalue weighted by molar-refractivity contribution is 14.1. The van der Waals surface area contributed by atoms with E-state index in [2.05, 4.69) is 46.3 Å². The van der Waals surface area contributed by atoms with Crippen molar-refractivity contribution in [3.05, 3.63) is 21.4 Å². The highest BCUT2D eigenvalue weighted by Crippen LogP contribution is 2.23. The second kappa shape index (κ2) is 6.71. The second-order valence-corrected chi connectivity index (χ2v) is 6.26. The lowest BCUT2D eigenvalue weighted by Crippen LogP contribution is -2.50. The maximum Gasteiger partial charge on any atom is 0.260 e. The molecule has 2 heterocycles. The van der Waals surface area contributed by atoms with Crippen LogP contribution >= 0.6 is 22.6 Å². The average Bonchev–Trinajstić information content (AvgIpc) is 2.46. The number of methoxy groups -OCH3 is 1. The number of amides is 1. The van der Waals surface area contributed by atoms with Gasteiger partial charge in [0.2, 0.25) is 5.88 Å². The summed E-state index contributed by atoms with van der Waals surface area (Å²) in [5, 5.41) is 0. The van der Waals surface area contributed by atoms with E-state index in [0.717, 1.165) is 29.7 Å². The van der Waals surface area contributed by atoms with Crippen molar-refractivity contribution < 1.29 is 9.53 Å². The largest absolute Gasteiger partial charge is 0.480 e. The SMILES string of the molecule is COc1nccc(I)c1C(=O)N1CCN(C(C)C)CC1. The van der Waals surface area contributed by atoms with Crippen LogP contribution in [-0.2, 0) is 0 Å². The molecule has 0 radical (unpaired) electrons. The Morgan fingerprint density at radius 1 is 1.35 bits per heavy atom. The van der Waals surface area contributed by atoms with Crippen molar-refractivity contribution in [3.63, 3.8) is 0 Å². The normalized spacial score (nSPS) is 16.6. The lowest BCUT2D eigenvalue weighted by Gasteiger charge is -2.37. The molecule has 0 unspecified atom stereocenters. The van der Waals surface area contributed by atoms with Gasteiger partial charge in [-0.05, 0) is 42.5 Å². The minimum atomic E-state index is 0.0164. The first kappa shape index (κ1) is 15.5. The zero-order chi connectivity index (χ0) is 14.7. The third-order valence-electron chi connectivity index (χ3n) is 3.60. The van der Waals surface area contributed by atoms with Gasteiger partial charge in [0.25, 0.3) is 5.91 Å². The summed E-state index contributed by atoms with van der Waals surface area (Å²) >= 11 is 2.16. The van der Waals surface area contributed by atoms with Gasteiger partial charge in [0, 0.05) is 42.0 Å². The van der Waals surface area contributed by atoms with E-state index in [1.165, 1.54) is 0 Å². The maximum atomic E-state index is 12.7. The predicted octanol–water partition coefficient (Wildman–Crippen LogP) is 1.86. The summed E-state index contributed by atoms with van der Waals surface area (Å²) in [7, 11) is 1.55. The molecule has 1 fully saturated rings. The fourth-order valence-electron chi connectivity index (χ4n) is 2.37. The van der Waals surface area contributed by atoms with Crippen LogP contribution in [0.5, 0.6) is 5.88 Å². The van der Waals surface area contributed by atoms with Gasteiger partial charge in [-0.25, -0.2) is 4.98 Å². The van der Waals surface area contributed by atoms with E-state index in [0.29, 0.717) is 17.5 Å². The van der Waals surface area contributed by atoms with Crippen molar-refractivity contribution in [2.45, 2.75) is 19.9 Å². The number of ether oxygens (including phenoxy) is 1. The van der Waals surface area contributed by atoms with E-state index in [4.69, 9.17) is 4.74 Å². The van der Waals surface area contributed by atoms with E-state index >= 15 is 0 Å². The number of piperazine rings is 1. The molecular weight excluding hydrogens is 369 g/mol. The molecule has 0 aromatic carbocycles. The van der Waals surface area contributed by atoms with Crippen LogP contribution in [-0.4, -0.2) is 60.0 Å². The van der Waals surface area contributed by atoms with Crippen molar-refractivity contribution in [1.29, 1.82) is 0 Å². The van der Waals surface area contributed by atoms with Crippen molar-refractivity contribution in [2.75, 3.05) is 33.3 Å². The quantitative estimate of drug-likeness (QED) is 0.741. The molecule has 1 aromatic rings. The summed E-state index contributed by atoms with van der Waals surface area (Å²) in [6.07, 6.45) is 1.66. The highest BCUT2D eigenvalue weighted by atomic mass is 127. The molecule has 20 heavy (non-hydrogen) atoms. The van der Waals surface area contributed by atoms with E-state index < -0.39 is 0 Å². The molecule has 6 heteroatoms. The number of carbonyl (C=O) groups is 1. The van der Waals surface area contributed by atoms with Gasteiger partial charge >= 0.3 is 0 Å². The monoisotopic (exact) mass is 389 g/mol. The Bertz CT molecular complexity index is 485. The molecule has 1 amide bonds. The average molecular weight is 389 g/mol. The number of halogens is 1. The molecule has 0 N–H and O–H groups in total. The van der Waals surface area contributed by atoms with Gasteiger partial charge in [0.1, 0.15) is 5.56 Å². The first-order valence-corrected chi connectivity index (χ1v) is 7.84. The smallest absolute Gasteiger partial charge is 0.260 e. The van der Waals surface area contributed by atoms with Crippen LogP contribution in [0.15, 0.2) is 12.3 Å². The number of carbonyl (C=O) groups excluding carboxylic acids is 1. The third kappa shape index (κ3) is 3.22. The van der Waals surface area contributed by atoms with Crippen LogP contribution in [0.25, 0.3) is 0 Å². The number of pyridine rings is 1. The van der Waals surface area contributed by atoms with Crippen LogP contribution in [0.1, 0.15) is 24.2 Å². The van der Waals surface area contributed by atoms with Crippen LogP contribution in [0.2, 0.25) is 0 Å². The second-order valence-electron chi connectivity index (χ2n) is 5.10. The Labute approximate surface area is 133 Å². The van der Waals surface area contributed by atoms with Crippen LogP contribution in [0.4, 0.5) is 0 Å². The molecule has 0 aliphatic carbocycles. The van der Waals surface area contributed by atoms with E-state index in [9.17, 15) is 4.79 Å². The minimum Gasteiger partial charge on any atom is -0.480 e. The molecule has 0 atom stereocenters. The van der Waals surface area contributed by atoms with Crippen molar-refractivity contribution in [1.82, 2.24) is 14.8 Å². The molecule has 1 aliphatic heterocycles. The Balaban J connectivity index is 2.13. The fourth-order valence-corrected chi connectivity index (χ4v) is 2.99. The summed E-state index contributed by atoms with van der Waals surface area (Å²) in [6.45, 7) is 7.72. The van der Waals surface area contributed by atoms with Gasteiger partial charge in [-0.15, -0.1) is 0 Å². The lowest BCUT2D eigenvalue weighted by atomic mass is 10.2. The van der Waals surface area contributed by atoms with Crippen LogP contribution in [0.3, 0.4) is 0 Å². The summed E-state index contributed by atoms with van der Waals surface area (Å²) in [5.41, 5.74) is 0.577. The number of nitrogens with zero attached hydrogens (tertiary/aromatic N) is 3. The van der Waals surface area contributed by atoms with Gasteiger partial charge in [-0.1, -0.05) is 0 Å². The van der Waals surface area contributed by atoms with Gasteiger partial charge < -0.3 is 9.64 Å². The van der Waals surface area contributed by atoms with Crippen LogP contribution < -0.4 is 4.74 Å². The zero-order valence-corrected chi connectivity index (χ0v) is 14.3. The van der Waals surface area contributed by atoms with Gasteiger partial charge in [-0.3, -0.25) is 9.69 Å². The molecule has 0 bridgehead atoms. The molecule has 110 valence electrons. The number of hydrogen-bond acceptors (Lipinski definition) is 4. The molecule has 0 saturated carbocycles. The molecule has 1 saturated heterocycles. The summed E-state index contributed by atoms with van der Waals surface area (Å²) < 4.78 is 6.10. The summed E-state index contributed by atoms with van der Waals surface area (Å²) in [4.78, 5) is 21.1. The summed E-state index contributed by atoms with van der Waals surface area (Å²) in [5.74, 6) is 0.427. The molecular formula is C14H20IN3O2. The fraction of sp³-hybridized carbons (Fsp3) is 0.571. The van der Waals surface area contributed by atoms with E-state index in [1.54, 1.807) is 13.3 Å². The number of rotatable bonds is 3. The first-order valence-electron chi connectivity index (χ1n) is 6.76. The highest BCUT2D eigenvalue weighted by Gasteiger charge is 2.27. The molecule has 1 aromatic heterocycles. The Hall–Kier alpha value is -0.890. The predicted molar refractivity (Wildman–Crippen MR) is 86.1 cm³/mol. The first-order chi connectivity index (χ1) is 9.54. The van der Waals surface area contributed by atoms with Crippen LogP contribution in [0, 0.1) is 3.57 Å². The standard InChI is InChI=1S/C14H20IN3O2/c1-10(2)17-6-8-18(9-7-17)14(19)12-11(15)4-5-16-13(12)20-3/h4-5,10H,6-9H2,1-3H3. The number of aromatic nitrogens is 1. The lowest BCUT2D eigenvalue weighted by molar-refractivity contribution is 0.0590. The summed E-state index contributed by atoms with van der Waals surface area (Å²) in [6, 6.07) is 2.36. The minimum absolute atomic E-state index is 0.0164. The Morgan fingerprint density at radius 2 is 2.00 bits per heavy atom. The van der Waals surface area contributed by atoms with Crippen molar-refractivity contribution >= 4 is 28.5 Å². The van der Waals surface area contributed by atoms with Gasteiger partial charge in [0.05, 0.1) is 7.11 Å². The molecule has 5 nitrogen and oxygen atoms in total. The third-order valence-corrected chi connectivity index (χ3v) is 4.50. The Morgan fingerprint density at radius 3 is 2.55 bits per heavy atom. The molecule has 0 spiro atoms. The van der Waals surface area contributed by atoms with Gasteiger partial charge in [0.15, 0.2) is 0 Å². The maximum absolute atomic E-state index is 12.7. The molecule has 2 rings (SSSR count). The molecule has 1 aliphatic rings. The van der Waals surface area contributed by atoms with E-state index in [1.807, 2.05) is 11.0 Å². The number of hydrogen-bond donors (Lipinski definition) is 0. The van der Waals surface area contributed by atoms with Gasteiger partial charge in [-0.2, -0.15) is 0 Å². The van der Waals surface area contributed by atoms with E-state index in [-0.39, 0.29) is 5.91 Å².